The summed E-state index contributed by atoms with van der Waals surface area (Å²) in [5.74, 6) is -0.639. The normalized spacial score (nSPS) is 20.0. The van der Waals surface area contributed by atoms with Crippen molar-refractivity contribution in [3.8, 4) is 5.75 Å². The Hall–Kier alpha value is -2.35. The number of aliphatic carboxylic acids is 1. The lowest BCUT2D eigenvalue weighted by molar-refractivity contribution is -0.138. The third-order valence-corrected chi connectivity index (χ3v) is 3.68. The van der Waals surface area contributed by atoms with E-state index in [9.17, 15) is 9.59 Å². The molecule has 1 fully saturated rings. The Bertz CT molecular complexity index is 598. The second kappa shape index (κ2) is 6.89. The van der Waals surface area contributed by atoms with Gasteiger partial charge in [0.05, 0.1) is 19.7 Å². The number of carbonyl (C=O) groups excluding carboxylic acids is 1. The van der Waals surface area contributed by atoms with Crippen LogP contribution in [0.25, 0.3) is 0 Å². The highest BCUT2D eigenvalue weighted by molar-refractivity contribution is 8.15. The van der Waals surface area contributed by atoms with Gasteiger partial charge in [-0.05, 0) is 29.8 Å². The molecule has 0 saturated carbocycles. The number of nitrogens with zero attached hydrogens (tertiary/aromatic N) is 2. The maximum atomic E-state index is 11.5. The summed E-state index contributed by atoms with van der Waals surface area (Å²) >= 11 is 1.06. The highest BCUT2D eigenvalue weighted by atomic mass is 32.2. The predicted octanol–water partition coefficient (Wildman–Crippen LogP) is 1.09. The van der Waals surface area contributed by atoms with Crippen molar-refractivity contribution in [3.63, 3.8) is 0 Å². The molecule has 2 N–H and O–H groups in total. The second-order valence-corrected chi connectivity index (χ2v) is 5.31. The third kappa shape index (κ3) is 4.32. The zero-order valence-corrected chi connectivity index (χ0v) is 12.0. The number of carboxylic acids is 1. The van der Waals surface area contributed by atoms with Crippen LogP contribution in [-0.2, 0) is 9.59 Å². The van der Waals surface area contributed by atoms with E-state index in [1.54, 1.807) is 19.2 Å². The van der Waals surface area contributed by atoms with Gasteiger partial charge in [-0.1, -0.05) is 11.8 Å². The Kier molecular flexibility index (Phi) is 4.94. The van der Waals surface area contributed by atoms with E-state index in [0.29, 0.717) is 5.17 Å². The molecule has 1 amide bonds. The molecule has 0 radical (unpaired) electrons. The molecule has 1 aromatic rings. The van der Waals surface area contributed by atoms with Gasteiger partial charge in [0.15, 0.2) is 5.17 Å². The van der Waals surface area contributed by atoms with Crippen LogP contribution in [0.15, 0.2) is 34.5 Å². The molecule has 110 valence electrons. The minimum absolute atomic E-state index is 0.238. The molecule has 1 aliphatic rings. The van der Waals surface area contributed by atoms with Gasteiger partial charge in [-0.25, -0.2) is 0 Å². The van der Waals surface area contributed by atoms with Crippen molar-refractivity contribution >= 4 is 35.0 Å². The summed E-state index contributed by atoms with van der Waals surface area (Å²) in [4.78, 5) is 22.1. The number of ether oxygens (including phenoxy) is 1. The van der Waals surface area contributed by atoms with Crippen LogP contribution in [-0.4, -0.2) is 40.7 Å². The van der Waals surface area contributed by atoms with Crippen LogP contribution in [0.4, 0.5) is 0 Å². The molecular formula is C13H13N3O4S. The number of hydrogen-bond acceptors (Lipinski definition) is 6. The fourth-order valence-electron chi connectivity index (χ4n) is 1.58. The van der Waals surface area contributed by atoms with Gasteiger partial charge in [0.2, 0.25) is 5.91 Å². The molecule has 21 heavy (non-hydrogen) atoms. The average Bonchev–Trinajstić information content (AvgIpc) is 2.79. The number of amidine groups is 1. The Morgan fingerprint density at radius 3 is 2.81 bits per heavy atom. The standard InChI is InChI=1S/C13H13N3O4S/c1-20-9-4-2-8(3-5-9)7-14-16-13-15-12(19)10(21-13)6-11(17)18/h2-5,7,10H,6H2,1H3,(H,17,18)(H,15,16,19). The summed E-state index contributed by atoms with van der Waals surface area (Å²) in [5, 5.41) is 18.5. The lowest BCUT2D eigenvalue weighted by atomic mass is 10.2. The monoisotopic (exact) mass is 307 g/mol. The van der Waals surface area contributed by atoms with E-state index in [0.717, 1.165) is 23.1 Å². The molecular weight excluding hydrogens is 294 g/mol. The minimum atomic E-state index is -1.02. The number of rotatable bonds is 5. The number of amides is 1. The highest BCUT2D eigenvalue weighted by Gasteiger charge is 2.32. The second-order valence-electron chi connectivity index (χ2n) is 4.12. The van der Waals surface area contributed by atoms with Crippen molar-refractivity contribution in [1.82, 2.24) is 5.32 Å². The van der Waals surface area contributed by atoms with Crippen LogP contribution in [0.3, 0.4) is 0 Å². The van der Waals surface area contributed by atoms with Gasteiger partial charge >= 0.3 is 5.97 Å². The van der Waals surface area contributed by atoms with Crippen molar-refractivity contribution in [1.29, 1.82) is 0 Å². The summed E-state index contributed by atoms with van der Waals surface area (Å²) in [6.45, 7) is 0. The van der Waals surface area contributed by atoms with E-state index >= 15 is 0 Å². The van der Waals surface area contributed by atoms with Crippen LogP contribution >= 0.6 is 11.8 Å². The molecule has 1 heterocycles. The van der Waals surface area contributed by atoms with Gasteiger partial charge in [-0.15, -0.1) is 5.10 Å². The minimum Gasteiger partial charge on any atom is -0.497 e. The van der Waals surface area contributed by atoms with Gasteiger partial charge in [0.1, 0.15) is 11.0 Å². The molecule has 0 aliphatic carbocycles. The molecule has 1 atom stereocenters. The lowest BCUT2D eigenvalue weighted by Gasteiger charge is -1.98. The summed E-state index contributed by atoms with van der Waals surface area (Å²) in [7, 11) is 1.59. The Morgan fingerprint density at radius 1 is 1.48 bits per heavy atom. The number of thioether (sulfide) groups is 1. The van der Waals surface area contributed by atoms with E-state index in [-0.39, 0.29) is 12.3 Å². The van der Waals surface area contributed by atoms with E-state index in [4.69, 9.17) is 9.84 Å². The molecule has 8 heteroatoms. The van der Waals surface area contributed by atoms with E-state index in [1.165, 1.54) is 6.21 Å². The predicted molar refractivity (Wildman–Crippen MR) is 79.8 cm³/mol. The SMILES string of the molecule is COc1ccc(C=NN=C2NC(=O)C(CC(=O)O)S2)cc1. The first-order valence-corrected chi connectivity index (χ1v) is 6.91. The topological polar surface area (TPSA) is 100 Å². The number of carboxylic acid groups (broad SMARTS) is 1. The summed E-state index contributed by atoms with van der Waals surface area (Å²) < 4.78 is 5.04. The molecule has 0 spiro atoms. The summed E-state index contributed by atoms with van der Waals surface area (Å²) in [6, 6.07) is 7.22. The molecule has 7 nitrogen and oxygen atoms in total. The van der Waals surface area contributed by atoms with Crippen LogP contribution in [0.2, 0.25) is 0 Å². The quantitative estimate of drug-likeness (QED) is 0.626. The third-order valence-electron chi connectivity index (χ3n) is 2.61. The highest BCUT2D eigenvalue weighted by Crippen LogP contribution is 2.22. The first kappa shape index (κ1) is 15.0. The molecule has 1 aliphatic heterocycles. The lowest BCUT2D eigenvalue weighted by Crippen LogP contribution is -2.26. The fourth-order valence-corrected chi connectivity index (χ4v) is 2.50. The first-order valence-electron chi connectivity index (χ1n) is 6.03. The van der Waals surface area contributed by atoms with Crippen molar-refractivity contribution in [2.45, 2.75) is 11.7 Å². The van der Waals surface area contributed by atoms with Gasteiger partial charge in [-0.3, -0.25) is 9.59 Å². The molecule has 1 unspecified atom stereocenters. The number of benzene rings is 1. The maximum absolute atomic E-state index is 11.5. The van der Waals surface area contributed by atoms with Gasteiger partial charge < -0.3 is 15.2 Å². The summed E-state index contributed by atoms with van der Waals surface area (Å²) in [6.07, 6.45) is 1.29. The Balaban J connectivity index is 1.96. The molecule has 1 aromatic carbocycles. The number of carbonyl (C=O) groups is 2. The van der Waals surface area contributed by atoms with Crippen molar-refractivity contribution < 1.29 is 19.4 Å². The van der Waals surface area contributed by atoms with Crippen molar-refractivity contribution in [2.75, 3.05) is 7.11 Å². The summed E-state index contributed by atoms with van der Waals surface area (Å²) in [5.41, 5.74) is 0.830. The first-order chi connectivity index (χ1) is 10.1. The van der Waals surface area contributed by atoms with Gasteiger partial charge in [0, 0.05) is 0 Å². The maximum Gasteiger partial charge on any atom is 0.305 e. The average molecular weight is 307 g/mol. The van der Waals surface area contributed by atoms with Crippen LogP contribution in [0, 0.1) is 0 Å². The smallest absolute Gasteiger partial charge is 0.305 e. The largest absolute Gasteiger partial charge is 0.497 e. The fraction of sp³-hybridized carbons (Fsp3) is 0.231. The molecule has 0 bridgehead atoms. The molecule has 0 aromatic heterocycles. The van der Waals surface area contributed by atoms with Gasteiger partial charge in [0.25, 0.3) is 0 Å². The molecule has 2 rings (SSSR count). The number of nitrogens with one attached hydrogen (secondary N) is 1. The van der Waals surface area contributed by atoms with Crippen LogP contribution < -0.4 is 10.1 Å². The zero-order chi connectivity index (χ0) is 15.2. The van der Waals surface area contributed by atoms with Crippen molar-refractivity contribution in [2.24, 2.45) is 10.2 Å². The van der Waals surface area contributed by atoms with Crippen LogP contribution in [0.1, 0.15) is 12.0 Å². The zero-order valence-electron chi connectivity index (χ0n) is 11.1. The van der Waals surface area contributed by atoms with E-state index in [2.05, 4.69) is 15.5 Å². The molecule has 1 saturated heterocycles. The van der Waals surface area contributed by atoms with Crippen LogP contribution in [0.5, 0.6) is 5.75 Å². The van der Waals surface area contributed by atoms with Crippen molar-refractivity contribution in [3.05, 3.63) is 29.8 Å². The number of methoxy groups -OCH3 is 1. The van der Waals surface area contributed by atoms with E-state index in [1.807, 2.05) is 12.1 Å². The van der Waals surface area contributed by atoms with E-state index < -0.39 is 11.2 Å². The van der Waals surface area contributed by atoms with Gasteiger partial charge in [-0.2, -0.15) is 5.10 Å². The Morgan fingerprint density at radius 2 is 2.19 bits per heavy atom. The Labute approximate surface area is 125 Å². The number of hydrogen-bond donors (Lipinski definition) is 2.